The van der Waals surface area contributed by atoms with Crippen LogP contribution in [0.1, 0.15) is 103 Å². The monoisotopic (exact) mass is 841 g/mol. The number of amides is 3. The van der Waals surface area contributed by atoms with Crippen molar-refractivity contribution >= 4 is 29.8 Å². The van der Waals surface area contributed by atoms with Gasteiger partial charge in [-0.15, -0.1) is 0 Å². The number of benzene rings is 3. The minimum atomic E-state index is -1.21. The summed E-state index contributed by atoms with van der Waals surface area (Å²) in [6.07, 6.45) is 2.27. The van der Waals surface area contributed by atoms with Crippen molar-refractivity contribution in [1.29, 1.82) is 0 Å². The summed E-state index contributed by atoms with van der Waals surface area (Å²) in [6, 6.07) is 24.4. The third-order valence-electron chi connectivity index (χ3n) is 10.9. The van der Waals surface area contributed by atoms with Gasteiger partial charge in [0.25, 0.3) is 5.91 Å². The number of hydrogen-bond acceptors (Lipinski definition) is 10. The number of carbonyl (C=O) groups excluding carboxylic acids is 5. The molecule has 0 spiro atoms. The van der Waals surface area contributed by atoms with Gasteiger partial charge < -0.3 is 30.6 Å². The SMILES string of the molecule is CC(C)[C@H](NC(=O)OCc1ccccc1)C(=O)NN(CC1CCCCC1)C[C@H](OC(=O)C(C)(C)C)[C@@H](C(=O)[C@@H](NC(=O)OCc1ccccc1)C(C)C)C(N)c1ccccc1. The first-order valence-electron chi connectivity index (χ1n) is 21.6. The Kier molecular flexibility index (Phi) is 18.8. The van der Waals surface area contributed by atoms with Crippen molar-refractivity contribution in [2.24, 2.45) is 34.8 Å². The molecule has 5 N–H and O–H groups in total. The van der Waals surface area contributed by atoms with E-state index in [1.54, 1.807) is 51.8 Å². The lowest BCUT2D eigenvalue weighted by atomic mass is 9.80. The molecule has 0 aromatic heterocycles. The van der Waals surface area contributed by atoms with Crippen LogP contribution in [0.5, 0.6) is 0 Å². The van der Waals surface area contributed by atoms with Crippen LogP contribution in [-0.2, 0) is 41.8 Å². The lowest BCUT2D eigenvalue weighted by Crippen LogP contribution is -2.59. The Hall–Kier alpha value is -5.27. The highest BCUT2D eigenvalue weighted by Crippen LogP contribution is 2.31. The van der Waals surface area contributed by atoms with Crippen LogP contribution in [0.25, 0.3) is 0 Å². The van der Waals surface area contributed by atoms with E-state index in [0.29, 0.717) is 12.1 Å². The van der Waals surface area contributed by atoms with E-state index in [0.717, 1.165) is 43.2 Å². The fraction of sp³-hybridized carbons (Fsp3) is 0.521. The van der Waals surface area contributed by atoms with Gasteiger partial charge in [0.05, 0.1) is 23.9 Å². The highest BCUT2D eigenvalue weighted by atomic mass is 16.6. The smallest absolute Gasteiger partial charge is 0.408 e. The van der Waals surface area contributed by atoms with Gasteiger partial charge in [-0.1, -0.05) is 138 Å². The minimum absolute atomic E-state index is 0.00272. The van der Waals surface area contributed by atoms with Crippen LogP contribution in [0, 0.1) is 29.1 Å². The van der Waals surface area contributed by atoms with Gasteiger partial charge in [0, 0.05) is 12.6 Å². The molecular weight excluding hydrogens is 775 g/mol. The molecule has 13 heteroatoms. The van der Waals surface area contributed by atoms with Gasteiger partial charge in [0.15, 0.2) is 5.78 Å². The Labute approximate surface area is 361 Å². The summed E-state index contributed by atoms with van der Waals surface area (Å²) in [5.74, 6) is -3.29. The topological polar surface area (TPSA) is 178 Å². The van der Waals surface area contributed by atoms with E-state index in [1.807, 2.05) is 92.7 Å². The number of Topliss-reactive ketones (excluding diaryl/α,β-unsaturated/α-hetero) is 1. The van der Waals surface area contributed by atoms with Crippen LogP contribution in [0.15, 0.2) is 91.0 Å². The highest BCUT2D eigenvalue weighted by Gasteiger charge is 2.44. The Morgan fingerprint density at radius 3 is 1.66 bits per heavy atom. The van der Waals surface area contributed by atoms with E-state index >= 15 is 4.79 Å². The van der Waals surface area contributed by atoms with E-state index in [9.17, 15) is 19.2 Å². The molecule has 3 aromatic carbocycles. The molecule has 3 amide bonds. The molecule has 1 unspecified atom stereocenters. The molecule has 0 saturated heterocycles. The van der Waals surface area contributed by atoms with Crippen LogP contribution in [0.3, 0.4) is 0 Å². The van der Waals surface area contributed by atoms with Crippen molar-refractivity contribution in [1.82, 2.24) is 21.1 Å². The lowest BCUT2D eigenvalue weighted by molar-refractivity contribution is -0.166. The molecule has 1 aliphatic carbocycles. The first-order chi connectivity index (χ1) is 29.0. The first kappa shape index (κ1) is 48.4. The summed E-state index contributed by atoms with van der Waals surface area (Å²) in [5.41, 5.74) is 11.4. The lowest BCUT2D eigenvalue weighted by Gasteiger charge is -2.39. The molecule has 1 fully saturated rings. The number of rotatable bonds is 20. The second-order valence-electron chi connectivity index (χ2n) is 17.8. The average molecular weight is 842 g/mol. The maximum absolute atomic E-state index is 15.1. The predicted molar refractivity (Wildman–Crippen MR) is 234 cm³/mol. The number of hydrogen-bond donors (Lipinski definition) is 4. The number of alkyl carbamates (subject to hydrolysis) is 2. The van der Waals surface area contributed by atoms with Crippen molar-refractivity contribution in [3.63, 3.8) is 0 Å². The number of nitrogens with two attached hydrogens (primary N) is 1. The number of nitrogens with one attached hydrogen (secondary N) is 3. The van der Waals surface area contributed by atoms with E-state index in [1.165, 1.54) is 0 Å². The summed E-state index contributed by atoms with van der Waals surface area (Å²) in [6.45, 7) is 12.7. The fourth-order valence-corrected chi connectivity index (χ4v) is 7.39. The standard InChI is InChI=1S/C48H67N5O8/c1-32(2)41(50-46(57)59-30-35-22-14-9-15-23-35)43(54)39(40(49)37-26-18-11-19-27-37)38(61-45(56)48(5,6)7)29-53(28-34-20-12-8-13-21-34)52-44(55)42(33(3)4)51-47(58)60-31-36-24-16-10-17-25-36/h9-11,14-19,22-27,32-34,38-42H,8,12-13,20-21,28-31,49H2,1-7H3,(H,50,57)(H,51,58)(H,52,55)/t38-,39+,40?,41-,42-/m0/s1. The van der Waals surface area contributed by atoms with Crippen LogP contribution >= 0.6 is 0 Å². The molecule has 0 bridgehead atoms. The molecule has 0 heterocycles. The first-order valence-corrected chi connectivity index (χ1v) is 21.6. The molecule has 332 valence electrons. The number of ketones is 1. The summed E-state index contributed by atoms with van der Waals surface area (Å²) >= 11 is 0. The molecule has 61 heavy (non-hydrogen) atoms. The third-order valence-corrected chi connectivity index (χ3v) is 10.9. The summed E-state index contributed by atoms with van der Waals surface area (Å²) in [5, 5.41) is 7.23. The van der Waals surface area contributed by atoms with Gasteiger partial charge in [-0.3, -0.25) is 19.8 Å². The van der Waals surface area contributed by atoms with Crippen molar-refractivity contribution in [3.8, 4) is 0 Å². The van der Waals surface area contributed by atoms with Crippen molar-refractivity contribution < 1.29 is 38.2 Å². The number of esters is 1. The Morgan fingerprint density at radius 2 is 1.18 bits per heavy atom. The Morgan fingerprint density at radius 1 is 0.705 bits per heavy atom. The van der Waals surface area contributed by atoms with Gasteiger partial charge in [0.1, 0.15) is 25.4 Å². The van der Waals surface area contributed by atoms with Crippen LogP contribution < -0.4 is 21.8 Å². The molecule has 13 nitrogen and oxygen atoms in total. The molecule has 0 radical (unpaired) electrons. The van der Waals surface area contributed by atoms with Gasteiger partial charge in [0.2, 0.25) is 0 Å². The summed E-state index contributed by atoms with van der Waals surface area (Å²) < 4.78 is 17.4. The van der Waals surface area contributed by atoms with E-state index in [4.69, 9.17) is 19.9 Å². The minimum Gasteiger partial charge on any atom is -0.460 e. The molecule has 1 saturated carbocycles. The number of ether oxygens (including phenoxy) is 3. The summed E-state index contributed by atoms with van der Waals surface area (Å²) in [7, 11) is 0. The van der Waals surface area contributed by atoms with Gasteiger partial charge in [-0.25, -0.2) is 14.6 Å². The number of hydrazine groups is 1. The molecule has 4 rings (SSSR count). The van der Waals surface area contributed by atoms with Crippen molar-refractivity contribution in [2.75, 3.05) is 13.1 Å². The Balaban J connectivity index is 1.70. The van der Waals surface area contributed by atoms with Gasteiger partial charge in [-0.2, -0.15) is 0 Å². The zero-order valence-electron chi connectivity index (χ0n) is 36.9. The second-order valence-corrected chi connectivity index (χ2v) is 17.8. The third kappa shape index (κ3) is 15.6. The Bertz CT molecular complexity index is 1830. The van der Waals surface area contributed by atoms with Gasteiger partial charge in [-0.05, 0) is 68.1 Å². The van der Waals surface area contributed by atoms with Crippen LogP contribution in [0.4, 0.5) is 9.59 Å². The van der Waals surface area contributed by atoms with Gasteiger partial charge >= 0.3 is 18.2 Å². The quantitative estimate of drug-likeness (QED) is 0.0502. The zero-order chi connectivity index (χ0) is 44.5. The average Bonchev–Trinajstić information content (AvgIpc) is 3.23. The van der Waals surface area contributed by atoms with E-state index < -0.39 is 71.3 Å². The highest BCUT2D eigenvalue weighted by molar-refractivity contribution is 5.91. The number of nitrogens with zero attached hydrogens (tertiary/aromatic N) is 1. The molecule has 0 aliphatic heterocycles. The molecule has 5 atom stereocenters. The maximum atomic E-state index is 15.1. The predicted octanol–water partition coefficient (Wildman–Crippen LogP) is 7.65. The zero-order valence-corrected chi connectivity index (χ0v) is 36.9. The number of carbonyl (C=O) groups is 5. The molecule has 3 aromatic rings. The van der Waals surface area contributed by atoms with Crippen molar-refractivity contribution in [3.05, 3.63) is 108 Å². The van der Waals surface area contributed by atoms with Crippen molar-refractivity contribution in [2.45, 2.75) is 118 Å². The maximum Gasteiger partial charge on any atom is 0.408 e. The van der Waals surface area contributed by atoms with Crippen LogP contribution in [0.2, 0.25) is 0 Å². The van der Waals surface area contributed by atoms with E-state index in [-0.39, 0.29) is 31.6 Å². The largest absolute Gasteiger partial charge is 0.460 e. The second kappa shape index (κ2) is 23.7. The molecule has 1 aliphatic rings. The van der Waals surface area contributed by atoms with Crippen LogP contribution in [-0.4, -0.2) is 66.1 Å². The molecular formula is C48H67N5O8. The summed E-state index contributed by atoms with van der Waals surface area (Å²) in [4.78, 5) is 69.7. The normalized spacial score (nSPS) is 15.9. The van der Waals surface area contributed by atoms with E-state index in [2.05, 4.69) is 16.1 Å². The fourth-order valence-electron chi connectivity index (χ4n) is 7.39.